The molecule has 1 aliphatic heterocycles. The monoisotopic (exact) mass is 461 g/mol. The van der Waals surface area contributed by atoms with E-state index in [1.165, 1.54) is 5.56 Å². The van der Waals surface area contributed by atoms with Crippen LogP contribution < -0.4 is 10.1 Å². The third-order valence-electron chi connectivity index (χ3n) is 5.38. The van der Waals surface area contributed by atoms with Crippen molar-refractivity contribution in [1.29, 1.82) is 0 Å². The van der Waals surface area contributed by atoms with Gasteiger partial charge in [0, 0.05) is 23.3 Å². The number of nitrogens with one attached hydrogen (secondary N) is 1. The second-order valence-electron chi connectivity index (χ2n) is 7.62. The lowest BCUT2D eigenvalue weighted by Crippen LogP contribution is -2.36. The van der Waals surface area contributed by atoms with Gasteiger partial charge in [0.25, 0.3) is 11.1 Å². The van der Waals surface area contributed by atoms with E-state index in [4.69, 9.17) is 4.74 Å². The molecular weight excluding hydrogens is 438 g/mol. The number of methoxy groups -OCH3 is 1. The highest BCUT2D eigenvalue weighted by atomic mass is 32.2. The number of ether oxygens (including phenoxy) is 1. The van der Waals surface area contributed by atoms with Gasteiger partial charge >= 0.3 is 0 Å². The van der Waals surface area contributed by atoms with Crippen molar-refractivity contribution in [3.63, 3.8) is 0 Å². The zero-order valence-corrected chi connectivity index (χ0v) is 19.3. The van der Waals surface area contributed by atoms with E-state index in [0.29, 0.717) is 11.4 Å². The number of hydrogen-bond donors (Lipinski definition) is 1. The van der Waals surface area contributed by atoms with Crippen LogP contribution in [0.3, 0.4) is 0 Å². The number of carbonyl (C=O) groups is 3. The lowest BCUT2D eigenvalue weighted by atomic mass is 10.1. The number of aryl methyl sites for hydroxylation is 2. The van der Waals surface area contributed by atoms with Gasteiger partial charge in [0.1, 0.15) is 12.3 Å². The van der Waals surface area contributed by atoms with Crippen LogP contribution >= 0.6 is 11.8 Å². The van der Waals surface area contributed by atoms with Gasteiger partial charge in [0.05, 0.1) is 12.0 Å². The quantitative estimate of drug-likeness (QED) is 0.535. The molecule has 0 bridgehead atoms. The third kappa shape index (κ3) is 4.85. The predicted octanol–water partition coefficient (Wildman–Crippen LogP) is 4.78. The molecule has 8 heteroatoms. The van der Waals surface area contributed by atoms with E-state index in [-0.39, 0.29) is 11.4 Å². The van der Waals surface area contributed by atoms with Gasteiger partial charge in [0.15, 0.2) is 0 Å². The molecule has 2 heterocycles. The van der Waals surface area contributed by atoms with Crippen LogP contribution in [0.15, 0.2) is 65.7 Å². The first-order chi connectivity index (χ1) is 15.9. The fraction of sp³-hybridized carbons (Fsp3) is 0.160. The van der Waals surface area contributed by atoms with Crippen molar-refractivity contribution in [3.05, 3.63) is 82.5 Å². The Balaban J connectivity index is 1.48. The number of nitrogens with zero attached hydrogens (tertiary/aromatic N) is 2. The molecule has 2 aromatic carbocycles. The van der Waals surface area contributed by atoms with Crippen LogP contribution in [0.1, 0.15) is 16.8 Å². The molecule has 3 aromatic rings. The lowest BCUT2D eigenvalue weighted by molar-refractivity contribution is -0.127. The van der Waals surface area contributed by atoms with Crippen molar-refractivity contribution in [2.45, 2.75) is 13.8 Å². The van der Waals surface area contributed by atoms with Gasteiger partial charge in [0.2, 0.25) is 5.91 Å². The number of anilines is 1. The van der Waals surface area contributed by atoms with Gasteiger partial charge in [-0.3, -0.25) is 19.3 Å². The highest BCUT2D eigenvalue weighted by Crippen LogP contribution is 2.32. The molecule has 3 amide bonds. The first-order valence-corrected chi connectivity index (χ1v) is 11.1. The van der Waals surface area contributed by atoms with Gasteiger partial charge in [-0.05, 0) is 91.3 Å². The number of carbonyl (C=O) groups excluding carboxylic acids is 3. The minimum Gasteiger partial charge on any atom is -0.497 e. The van der Waals surface area contributed by atoms with E-state index in [1.807, 2.05) is 42.0 Å². The normalized spacial score (nSPS) is 14.8. The standard InChI is InChI=1S/C25H23N3O4S/c1-16-6-9-20(13-17(16)2)27-12-4-5-19(27)14-22-24(30)28(25(31)33-22)15-23(29)26-18-7-10-21(32-3)11-8-18/h4-14H,15H2,1-3H3,(H,26,29)/b22-14+. The number of hydrogen-bond acceptors (Lipinski definition) is 5. The summed E-state index contributed by atoms with van der Waals surface area (Å²) in [6.45, 7) is 3.74. The van der Waals surface area contributed by atoms with Gasteiger partial charge in [-0.1, -0.05) is 6.07 Å². The molecule has 1 saturated heterocycles. The number of aromatic nitrogens is 1. The van der Waals surface area contributed by atoms with E-state index in [0.717, 1.165) is 33.6 Å². The molecule has 168 valence electrons. The fourth-order valence-corrected chi connectivity index (χ4v) is 4.23. The van der Waals surface area contributed by atoms with Gasteiger partial charge in [-0.15, -0.1) is 0 Å². The molecule has 0 atom stereocenters. The maximum Gasteiger partial charge on any atom is 0.294 e. The summed E-state index contributed by atoms with van der Waals surface area (Å²) in [6, 6.07) is 16.7. The summed E-state index contributed by atoms with van der Waals surface area (Å²) in [5, 5.41) is 2.22. The van der Waals surface area contributed by atoms with Crippen LogP contribution in [0.2, 0.25) is 0 Å². The van der Waals surface area contributed by atoms with Crippen LogP contribution in [0.5, 0.6) is 5.75 Å². The van der Waals surface area contributed by atoms with Gasteiger partial charge in [-0.2, -0.15) is 0 Å². The van der Waals surface area contributed by atoms with E-state index in [9.17, 15) is 14.4 Å². The number of rotatable bonds is 6. The smallest absolute Gasteiger partial charge is 0.294 e. The zero-order chi connectivity index (χ0) is 23.5. The van der Waals surface area contributed by atoms with Gasteiger partial charge < -0.3 is 14.6 Å². The van der Waals surface area contributed by atoms with E-state index >= 15 is 0 Å². The molecule has 0 saturated carbocycles. The van der Waals surface area contributed by atoms with E-state index < -0.39 is 17.1 Å². The zero-order valence-electron chi connectivity index (χ0n) is 18.5. The SMILES string of the molecule is COc1ccc(NC(=O)CN2C(=O)S/C(=C/c3cccn3-c3ccc(C)c(C)c3)C2=O)cc1. The minimum absolute atomic E-state index is 0.279. The Labute approximate surface area is 196 Å². The van der Waals surface area contributed by atoms with Crippen molar-refractivity contribution >= 4 is 40.6 Å². The van der Waals surface area contributed by atoms with Crippen molar-refractivity contribution < 1.29 is 19.1 Å². The summed E-state index contributed by atoms with van der Waals surface area (Å²) in [6.07, 6.45) is 3.59. The summed E-state index contributed by atoms with van der Waals surface area (Å²) in [7, 11) is 1.56. The summed E-state index contributed by atoms with van der Waals surface area (Å²) < 4.78 is 7.05. The number of imide groups is 1. The predicted molar refractivity (Wildman–Crippen MR) is 130 cm³/mol. The van der Waals surface area contributed by atoms with Crippen LogP contribution in [0.25, 0.3) is 11.8 Å². The lowest BCUT2D eigenvalue weighted by Gasteiger charge is -2.13. The summed E-state index contributed by atoms with van der Waals surface area (Å²) in [5.41, 5.74) is 4.64. The molecule has 33 heavy (non-hydrogen) atoms. The Bertz CT molecular complexity index is 1260. The van der Waals surface area contributed by atoms with Crippen molar-refractivity contribution in [2.24, 2.45) is 0 Å². The molecule has 1 aromatic heterocycles. The second kappa shape index (κ2) is 9.38. The molecule has 7 nitrogen and oxygen atoms in total. The Morgan fingerprint density at radius 2 is 1.82 bits per heavy atom. The van der Waals surface area contributed by atoms with Crippen molar-refractivity contribution in [3.8, 4) is 11.4 Å². The molecule has 0 aliphatic carbocycles. The molecule has 0 spiro atoms. The second-order valence-corrected chi connectivity index (χ2v) is 8.61. The summed E-state index contributed by atoms with van der Waals surface area (Å²) in [5.74, 6) is -0.278. The molecule has 1 fully saturated rings. The molecule has 4 rings (SSSR count). The summed E-state index contributed by atoms with van der Waals surface area (Å²) in [4.78, 5) is 39.0. The minimum atomic E-state index is -0.484. The van der Waals surface area contributed by atoms with E-state index in [1.54, 1.807) is 37.5 Å². The van der Waals surface area contributed by atoms with Crippen LogP contribution in [0, 0.1) is 13.8 Å². The Kier molecular flexibility index (Phi) is 6.37. The molecular formula is C25H23N3O4S. The highest BCUT2D eigenvalue weighted by molar-refractivity contribution is 8.18. The maximum atomic E-state index is 12.9. The molecule has 1 N–H and O–H groups in total. The highest BCUT2D eigenvalue weighted by Gasteiger charge is 2.36. The third-order valence-corrected chi connectivity index (χ3v) is 6.28. The Morgan fingerprint density at radius 1 is 1.06 bits per heavy atom. The van der Waals surface area contributed by atoms with Gasteiger partial charge in [-0.25, -0.2) is 0 Å². The van der Waals surface area contributed by atoms with Crippen LogP contribution in [0.4, 0.5) is 10.5 Å². The van der Waals surface area contributed by atoms with Crippen LogP contribution in [-0.2, 0) is 9.59 Å². The number of amides is 3. The van der Waals surface area contributed by atoms with Crippen LogP contribution in [-0.4, -0.2) is 40.2 Å². The van der Waals surface area contributed by atoms with E-state index in [2.05, 4.69) is 18.3 Å². The summed E-state index contributed by atoms with van der Waals surface area (Å²) >= 11 is 0.831. The first kappa shape index (κ1) is 22.4. The van der Waals surface area contributed by atoms with Crippen molar-refractivity contribution in [1.82, 2.24) is 9.47 Å². The molecule has 0 radical (unpaired) electrons. The maximum absolute atomic E-state index is 12.9. The Hall–Kier alpha value is -3.78. The first-order valence-electron chi connectivity index (χ1n) is 10.3. The number of benzene rings is 2. The average Bonchev–Trinajstić information content (AvgIpc) is 3.36. The van der Waals surface area contributed by atoms with Crippen molar-refractivity contribution in [2.75, 3.05) is 19.0 Å². The Morgan fingerprint density at radius 3 is 2.52 bits per heavy atom. The number of thioether (sulfide) groups is 1. The average molecular weight is 462 g/mol. The largest absolute Gasteiger partial charge is 0.497 e. The topological polar surface area (TPSA) is 80.6 Å². The molecule has 0 unspecified atom stereocenters. The fourth-order valence-electron chi connectivity index (χ4n) is 3.41. The molecule has 1 aliphatic rings.